The lowest BCUT2D eigenvalue weighted by Gasteiger charge is -2.39. The van der Waals surface area contributed by atoms with E-state index >= 15 is 0 Å². The fourth-order valence-corrected chi connectivity index (χ4v) is 4.43. The fraction of sp³-hybridized carbons (Fsp3) is 0.310. The maximum atomic E-state index is 13.1. The predicted molar refractivity (Wildman–Crippen MR) is 142 cm³/mol. The van der Waals surface area contributed by atoms with Crippen molar-refractivity contribution < 1.29 is 19.5 Å². The Kier molecular flexibility index (Phi) is 7.90. The number of ether oxygens (including phenoxy) is 1. The molecule has 3 aromatic rings. The van der Waals surface area contributed by atoms with Crippen LogP contribution in [-0.4, -0.2) is 46.7 Å². The minimum atomic E-state index is -1.01. The number of amides is 1. The normalized spacial score (nSPS) is 16.1. The van der Waals surface area contributed by atoms with E-state index in [4.69, 9.17) is 9.57 Å². The van der Waals surface area contributed by atoms with E-state index in [1.165, 1.54) is 0 Å². The number of likely N-dealkylation sites (tertiary alicyclic amines) is 1. The average Bonchev–Trinajstić information content (AvgIpc) is 2.92. The molecule has 7 nitrogen and oxygen atoms in total. The Balaban J connectivity index is 1.38. The fourth-order valence-electron chi connectivity index (χ4n) is 4.43. The Labute approximate surface area is 212 Å². The van der Waals surface area contributed by atoms with Crippen molar-refractivity contribution in [2.75, 3.05) is 25.7 Å². The van der Waals surface area contributed by atoms with E-state index in [-0.39, 0.29) is 5.91 Å². The van der Waals surface area contributed by atoms with E-state index in [2.05, 4.69) is 17.4 Å². The van der Waals surface area contributed by atoms with Crippen LogP contribution in [0.15, 0.2) is 84.3 Å². The van der Waals surface area contributed by atoms with Crippen LogP contribution < -0.4 is 10.3 Å². The third-order valence-electron chi connectivity index (χ3n) is 6.59. The standard InChI is InChI=1S/C29H33N3O4/c1-4-5-10-25(21(2)35-3)29(34)16-19-32(20-17-29)28(33)23-12-14-24(15-13-23)31-36-26-11-6-8-22-9-7-18-30-27(22)26/h5-15,18,31,34H,4,16-17,19-20H2,1-3H3/b10-5-,25-21-. The lowest BCUT2D eigenvalue weighted by atomic mass is 9.82. The monoisotopic (exact) mass is 487 g/mol. The zero-order valence-corrected chi connectivity index (χ0v) is 21.0. The molecule has 1 aliphatic heterocycles. The predicted octanol–water partition coefficient (Wildman–Crippen LogP) is 5.49. The number of benzene rings is 2. The highest BCUT2D eigenvalue weighted by molar-refractivity contribution is 5.94. The number of carbonyl (C=O) groups excluding carboxylic acids is 1. The van der Waals surface area contributed by atoms with Gasteiger partial charge in [0, 0.05) is 35.8 Å². The largest absolute Gasteiger partial charge is 0.501 e. The first kappa shape index (κ1) is 25.3. The van der Waals surface area contributed by atoms with Crippen molar-refractivity contribution >= 4 is 22.5 Å². The van der Waals surface area contributed by atoms with Crippen LogP contribution in [0.25, 0.3) is 10.9 Å². The van der Waals surface area contributed by atoms with E-state index in [0.717, 1.165) is 28.6 Å². The lowest BCUT2D eigenvalue weighted by Crippen LogP contribution is -2.47. The molecule has 1 aliphatic rings. The smallest absolute Gasteiger partial charge is 0.253 e. The van der Waals surface area contributed by atoms with Gasteiger partial charge in [-0.1, -0.05) is 37.3 Å². The molecule has 0 bridgehead atoms. The number of rotatable bonds is 8. The topological polar surface area (TPSA) is 83.9 Å². The summed E-state index contributed by atoms with van der Waals surface area (Å²) in [6.07, 6.45) is 7.47. The van der Waals surface area contributed by atoms with Crippen LogP contribution in [0.2, 0.25) is 0 Å². The Morgan fingerprint density at radius 1 is 1.14 bits per heavy atom. The molecule has 2 heterocycles. The van der Waals surface area contributed by atoms with Gasteiger partial charge in [0.1, 0.15) is 5.52 Å². The number of nitrogens with one attached hydrogen (secondary N) is 1. The molecule has 0 spiro atoms. The summed E-state index contributed by atoms with van der Waals surface area (Å²) in [6, 6.07) is 16.8. The SMILES string of the molecule is CC/C=C\C(=C(/C)OC)C1(O)CCN(C(=O)c2ccc(NOc3cccc4cccnc34)cc2)CC1. The van der Waals surface area contributed by atoms with Gasteiger partial charge >= 0.3 is 0 Å². The maximum Gasteiger partial charge on any atom is 0.253 e. The van der Waals surface area contributed by atoms with Gasteiger partial charge in [0.25, 0.3) is 5.91 Å². The van der Waals surface area contributed by atoms with Crippen molar-refractivity contribution in [1.82, 2.24) is 9.88 Å². The Bertz CT molecular complexity index is 1250. The highest BCUT2D eigenvalue weighted by Gasteiger charge is 2.37. The molecule has 1 amide bonds. The highest BCUT2D eigenvalue weighted by atomic mass is 16.6. The minimum absolute atomic E-state index is 0.0548. The van der Waals surface area contributed by atoms with Crippen molar-refractivity contribution in [3.05, 3.63) is 89.8 Å². The molecule has 36 heavy (non-hydrogen) atoms. The molecular formula is C29H33N3O4. The number of carbonyl (C=O) groups is 1. The van der Waals surface area contributed by atoms with Crippen molar-refractivity contribution in [2.45, 2.75) is 38.7 Å². The Morgan fingerprint density at radius 2 is 1.86 bits per heavy atom. The van der Waals surface area contributed by atoms with Crippen molar-refractivity contribution in [3.63, 3.8) is 0 Å². The van der Waals surface area contributed by atoms with Crippen LogP contribution in [0.3, 0.4) is 0 Å². The number of nitrogens with zero attached hydrogens (tertiary/aromatic N) is 2. The molecular weight excluding hydrogens is 454 g/mol. The summed E-state index contributed by atoms with van der Waals surface area (Å²) in [5.74, 6) is 1.27. The summed E-state index contributed by atoms with van der Waals surface area (Å²) in [7, 11) is 1.61. The molecule has 0 atom stereocenters. The molecule has 188 valence electrons. The van der Waals surface area contributed by atoms with E-state index in [1.54, 1.807) is 30.3 Å². The van der Waals surface area contributed by atoms with Gasteiger partial charge in [0.2, 0.25) is 0 Å². The molecule has 1 saturated heterocycles. The van der Waals surface area contributed by atoms with Gasteiger partial charge in [-0.3, -0.25) is 9.78 Å². The van der Waals surface area contributed by atoms with Crippen LogP contribution in [-0.2, 0) is 4.74 Å². The summed E-state index contributed by atoms with van der Waals surface area (Å²) >= 11 is 0. The second-order valence-electron chi connectivity index (χ2n) is 8.92. The van der Waals surface area contributed by atoms with Crippen LogP contribution in [0.5, 0.6) is 5.75 Å². The quantitative estimate of drug-likeness (QED) is 0.248. The molecule has 0 radical (unpaired) electrons. The first-order chi connectivity index (χ1) is 17.4. The van der Waals surface area contributed by atoms with Gasteiger partial charge in [-0.2, -0.15) is 0 Å². The van der Waals surface area contributed by atoms with Crippen molar-refractivity contribution in [2.24, 2.45) is 0 Å². The number of anilines is 1. The summed E-state index contributed by atoms with van der Waals surface area (Å²) in [4.78, 5) is 25.1. The molecule has 4 rings (SSSR count). The molecule has 1 aromatic heterocycles. The number of methoxy groups -OCH3 is 1. The third kappa shape index (κ3) is 5.52. The zero-order chi connectivity index (χ0) is 25.5. The number of piperidine rings is 1. The van der Waals surface area contributed by atoms with Crippen molar-refractivity contribution in [1.29, 1.82) is 0 Å². The number of aromatic nitrogens is 1. The average molecular weight is 488 g/mol. The first-order valence-corrected chi connectivity index (χ1v) is 12.3. The number of hydrogen-bond acceptors (Lipinski definition) is 6. The van der Waals surface area contributed by atoms with Gasteiger partial charge in [-0.25, -0.2) is 5.48 Å². The lowest BCUT2D eigenvalue weighted by molar-refractivity contribution is 0.0100. The summed E-state index contributed by atoms with van der Waals surface area (Å²) in [5, 5.41) is 12.3. The molecule has 0 saturated carbocycles. The number of fused-ring (bicyclic) bond motifs is 1. The van der Waals surface area contributed by atoms with Gasteiger partial charge in [-0.05, 0) is 62.6 Å². The highest BCUT2D eigenvalue weighted by Crippen LogP contribution is 2.33. The van der Waals surface area contributed by atoms with E-state index in [0.29, 0.717) is 43.0 Å². The van der Waals surface area contributed by atoms with Crippen LogP contribution in [0, 0.1) is 0 Å². The van der Waals surface area contributed by atoms with Crippen LogP contribution >= 0.6 is 0 Å². The van der Waals surface area contributed by atoms with E-state index < -0.39 is 5.60 Å². The Hall–Kier alpha value is -3.84. The van der Waals surface area contributed by atoms with Gasteiger partial charge in [0.05, 0.1) is 24.2 Å². The first-order valence-electron chi connectivity index (χ1n) is 12.3. The molecule has 1 fully saturated rings. The minimum Gasteiger partial charge on any atom is -0.501 e. The Morgan fingerprint density at radius 3 is 2.56 bits per heavy atom. The molecule has 7 heteroatoms. The van der Waals surface area contributed by atoms with Crippen molar-refractivity contribution in [3.8, 4) is 5.75 Å². The number of allylic oxidation sites excluding steroid dienone is 2. The summed E-state index contributed by atoms with van der Waals surface area (Å²) in [6.45, 7) is 4.84. The molecule has 0 aliphatic carbocycles. The van der Waals surface area contributed by atoms with Crippen LogP contribution in [0.1, 0.15) is 43.5 Å². The summed E-state index contributed by atoms with van der Waals surface area (Å²) < 4.78 is 5.42. The van der Waals surface area contributed by atoms with E-state index in [9.17, 15) is 9.90 Å². The van der Waals surface area contributed by atoms with Gasteiger partial charge in [0.15, 0.2) is 5.75 Å². The second-order valence-corrected chi connectivity index (χ2v) is 8.92. The number of para-hydroxylation sites is 1. The van der Waals surface area contributed by atoms with E-state index in [1.807, 2.05) is 61.5 Å². The zero-order valence-electron chi connectivity index (χ0n) is 21.0. The van der Waals surface area contributed by atoms with Gasteiger partial charge < -0.3 is 19.6 Å². The summed E-state index contributed by atoms with van der Waals surface area (Å²) in [5.41, 5.74) is 4.80. The number of aliphatic hydroxyl groups is 1. The third-order valence-corrected chi connectivity index (χ3v) is 6.59. The number of hydrogen-bond donors (Lipinski definition) is 2. The van der Waals surface area contributed by atoms with Gasteiger partial charge in [-0.15, -0.1) is 0 Å². The molecule has 0 unspecified atom stereocenters. The van der Waals surface area contributed by atoms with Crippen LogP contribution in [0.4, 0.5) is 5.69 Å². The second kappa shape index (κ2) is 11.3. The number of pyridine rings is 1. The molecule has 2 aromatic carbocycles. The maximum absolute atomic E-state index is 13.1. The molecule has 2 N–H and O–H groups in total.